The van der Waals surface area contributed by atoms with Gasteiger partial charge in [-0.05, 0) is 37.1 Å². The van der Waals surface area contributed by atoms with E-state index in [9.17, 15) is 13.2 Å². The van der Waals surface area contributed by atoms with Crippen molar-refractivity contribution in [2.45, 2.75) is 31.7 Å². The first-order valence-electron chi connectivity index (χ1n) is 8.35. The van der Waals surface area contributed by atoms with Crippen molar-refractivity contribution in [1.29, 1.82) is 0 Å². The molecule has 0 unspecified atom stereocenters. The monoisotopic (exact) mass is 376 g/mol. The van der Waals surface area contributed by atoms with Gasteiger partial charge in [0.25, 0.3) is 5.91 Å². The Labute approximate surface area is 154 Å². The van der Waals surface area contributed by atoms with Gasteiger partial charge < -0.3 is 5.32 Å². The Bertz CT molecular complexity index is 854. The minimum atomic E-state index is -3.78. The zero-order valence-corrected chi connectivity index (χ0v) is 16.2. The largest absolute Gasteiger partial charge is 0.352 e. The molecule has 1 amide bonds. The Balaban J connectivity index is 2.26. The second-order valence-corrected chi connectivity index (χ2v) is 8.46. The first kappa shape index (κ1) is 20.0. The predicted molar refractivity (Wildman–Crippen MR) is 99.0 cm³/mol. The van der Waals surface area contributed by atoms with Crippen molar-refractivity contribution >= 4 is 15.9 Å². The molecule has 1 aromatic heterocycles. The Morgan fingerprint density at radius 1 is 1.23 bits per heavy atom. The van der Waals surface area contributed by atoms with E-state index < -0.39 is 16.1 Å². The van der Waals surface area contributed by atoms with Gasteiger partial charge in [0.2, 0.25) is 10.0 Å². The van der Waals surface area contributed by atoms with Gasteiger partial charge in [-0.1, -0.05) is 19.9 Å². The molecule has 0 radical (unpaired) electrons. The van der Waals surface area contributed by atoms with Crippen LogP contribution in [-0.4, -0.2) is 42.2 Å². The maximum Gasteiger partial charge on any atom is 0.251 e. The molecule has 0 aliphatic heterocycles. The smallest absolute Gasteiger partial charge is 0.251 e. The lowest BCUT2D eigenvalue weighted by Gasteiger charge is -2.24. The molecule has 0 spiro atoms. The summed E-state index contributed by atoms with van der Waals surface area (Å²) >= 11 is 0. The number of nitrogens with one attached hydrogen (secondary N) is 1. The SMILES string of the molecule is CC(C)CNC(=O)c1cccc(S(=O)(=O)N(C)[C@@H](C)c2ccncn2)c1. The lowest BCUT2D eigenvalue weighted by Crippen LogP contribution is -2.31. The molecule has 0 saturated heterocycles. The first-order valence-corrected chi connectivity index (χ1v) is 9.79. The summed E-state index contributed by atoms with van der Waals surface area (Å²) in [4.78, 5) is 20.2. The third-order valence-corrected chi connectivity index (χ3v) is 5.95. The number of amides is 1. The molecule has 1 N–H and O–H groups in total. The Morgan fingerprint density at radius 2 is 1.96 bits per heavy atom. The van der Waals surface area contributed by atoms with Crippen LogP contribution >= 0.6 is 0 Å². The highest BCUT2D eigenvalue weighted by molar-refractivity contribution is 7.89. The van der Waals surface area contributed by atoms with Crippen molar-refractivity contribution in [2.24, 2.45) is 5.92 Å². The highest BCUT2D eigenvalue weighted by Crippen LogP contribution is 2.24. The van der Waals surface area contributed by atoms with Crippen LogP contribution in [0.25, 0.3) is 0 Å². The maximum absolute atomic E-state index is 12.9. The number of carbonyl (C=O) groups excluding carboxylic acids is 1. The minimum Gasteiger partial charge on any atom is -0.352 e. The van der Waals surface area contributed by atoms with Gasteiger partial charge in [-0.3, -0.25) is 4.79 Å². The number of rotatable bonds is 7. The fraction of sp³-hybridized carbons (Fsp3) is 0.389. The van der Waals surface area contributed by atoms with Crippen LogP contribution in [0.4, 0.5) is 0 Å². The standard InChI is InChI=1S/C18H24N4O3S/c1-13(2)11-20-18(23)15-6-5-7-16(10-15)26(24,25)22(4)14(3)17-8-9-19-12-21-17/h5-10,12-14H,11H2,1-4H3,(H,20,23)/t14-/m0/s1. The van der Waals surface area contributed by atoms with Crippen LogP contribution in [0, 0.1) is 5.92 Å². The average Bonchev–Trinajstić information content (AvgIpc) is 2.65. The zero-order valence-electron chi connectivity index (χ0n) is 15.4. The molecular weight excluding hydrogens is 352 g/mol. The van der Waals surface area contributed by atoms with Gasteiger partial charge in [0, 0.05) is 25.4 Å². The van der Waals surface area contributed by atoms with Gasteiger partial charge >= 0.3 is 0 Å². The van der Waals surface area contributed by atoms with Crippen molar-refractivity contribution in [1.82, 2.24) is 19.6 Å². The van der Waals surface area contributed by atoms with Gasteiger partial charge in [0.1, 0.15) is 6.33 Å². The second-order valence-electron chi connectivity index (χ2n) is 6.46. The number of benzene rings is 1. The number of hydrogen-bond donors (Lipinski definition) is 1. The van der Waals surface area contributed by atoms with Crippen LogP contribution < -0.4 is 5.32 Å². The number of aromatic nitrogens is 2. The van der Waals surface area contributed by atoms with E-state index in [0.717, 1.165) is 0 Å². The molecule has 1 aromatic carbocycles. The molecule has 26 heavy (non-hydrogen) atoms. The summed E-state index contributed by atoms with van der Waals surface area (Å²) in [7, 11) is -2.29. The summed E-state index contributed by atoms with van der Waals surface area (Å²) in [5.41, 5.74) is 0.909. The van der Waals surface area contributed by atoms with Crippen LogP contribution in [0.15, 0.2) is 47.8 Å². The van der Waals surface area contributed by atoms with Gasteiger partial charge in [0.15, 0.2) is 0 Å². The highest BCUT2D eigenvalue weighted by atomic mass is 32.2. The Hall–Kier alpha value is -2.32. The fourth-order valence-electron chi connectivity index (χ4n) is 2.31. The second kappa shape index (κ2) is 8.37. The van der Waals surface area contributed by atoms with Gasteiger partial charge in [-0.25, -0.2) is 18.4 Å². The maximum atomic E-state index is 12.9. The molecule has 0 aliphatic carbocycles. The molecular formula is C18H24N4O3S. The number of hydrogen-bond acceptors (Lipinski definition) is 5. The molecule has 2 rings (SSSR count). The molecule has 1 heterocycles. The first-order chi connectivity index (χ1) is 12.2. The zero-order chi connectivity index (χ0) is 19.3. The quantitative estimate of drug-likeness (QED) is 0.800. The van der Waals surface area contributed by atoms with E-state index >= 15 is 0 Å². The lowest BCUT2D eigenvalue weighted by atomic mass is 10.2. The summed E-state index contributed by atoms with van der Waals surface area (Å²) in [6.45, 7) is 6.26. The summed E-state index contributed by atoms with van der Waals surface area (Å²) in [6.07, 6.45) is 2.95. The van der Waals surface area contributed by atoms with Gasteiger partial charge in [-0.2, -0.15) is 4.31 Å². The van der Waals surface area contributed by atoms with Crippen molar-refractivity contribution in [2.75, 3.05) is 13.6 Å². The molecule has 0 saturated carbocycles. The van der Waals surface area contributed by atoms with Gasteiger partial charge in [-0.15, -0.1) is 0 Å². The normalized spacial score (nSPS) is 13.0. The molecule has 0 fully saturated rings. The number of carbonyl (C=O) groups is 1. The molecule has 7 nitrogen and oxygen atoms in total. The van der Waals surface area contributed by atoms with Crippen LogP contribution in [0.2, 0.25) is 0 Å². The Kier molecular flexibility index (Phi) is 6.44. The third kappa shape index (κ3) is 4.64. The average molecular weight is 376 g/mol. The predicted octanol–water partition coefficient (Wildman–Crippen LogP) is 2.24. The highest BCUT2D eigenvalue weighted by Gasteiger charge is 2.27. The van der Waals surface area contributed by atoms with Gasteiger partial charge in [0.05, 0.1) is 16.6 Å². The number of nitrogens with zero attached hydrogens (tertiary/aromatic N) is 3. The molecule has 140 valence electrons. The lowest BCUT2D eigenvalue weighted by molar-refractivity contribution is 0.0949. The van der Waals surface area contributed by atoms with E-state index in [2.05, 4.69) is 15.3 Å². The summed E-state index contributed by atoms with van der Waals surface area (Å²) < 4.78 is 27.1. The van der Waals surface area contributed by atoms with Crippen LogP contribution in [-0.2, 0) is 10.0 Å². The summed E-state index contributed by atoms with van der Waals surface area (Å²) in [5, 5.41) is 2.79. The van der Waals surface area contributed by atoms with Crippen LogP contribution in [0.1, 0.15) is 42.9 Å². The topological polar surface area (TPSA) is 92.3 Å². The molecule has 1 atom stereocenters. The molecule has 2 aromatic rings. The van der Waals surface area contributed by atoms with E-state index in [0.29, 0.717) is 23.7 Å². The van der Waals surface area contributed by atoms with E-state index in [1.54, 1.807) is 31.3 Å². The van der Waals surface area contributed by atoms with E-state index in [-0.39, 0.29) is 10.8 Å². The third-order valence-electron chi connectivity index (χ3n) is 4.02. The molecule has 0 bridgehead atoms. The van der Waals surface area contributed by atoms with Crippen molar-refractivity contribution < 1.29 is 13.2 Å². The van der Waals surface area contributed by atoms with E-state index in [4.69, 9.17) is 0 Å². The van der Waals surface area contributed by atoms with Crippen LogP contribution in [0.5, 0.6) is 0 Å². The van der Waals surface area contributed by atoms with Crippen molar-refractivity contribution in [3.63, 3.8) is 0 Å². The summed E-state index contributed by atoms with van der Waals surface area (Å²) in [6, 6.07) is 7.25. The number of sulfonamides is 1. The molecule has 8 heteroatoms. The van der Waals surface area contributed by atoms with Crippen molar-refractivity contribution in [3.8, 4) is 0 Å². The van der Waals surface area contributed by atoms with Crippen LogP contribution in [0.3, 0.4) is 0 Å². The van der Waals surface area contributed by atoms with E-state index in [1.807, 2.05) is 13.8 Å². The summed E-state index contributed by atoms with van der Waals surface area (Å²) in [5.74, 6) is 0.0213. The van der Waals surface area contributed by atoms with Crippen molar-refractivity contribution in [3.05, 3.63) is 54.1 Å². The fourth-order valence-corrected chi connectivity index (χ4v) is 3.69. The Morgan fingerprint density at radius 3 is 2.58 bits per heavy atom. The van der Waals surface area contributed by atoms with E-state index in [1.165, 1.54) is 29.8 Å². The minimum absolute atomic E-state index is 0.0677. The molecule has 0 aliphatic rings.